The van der Waals surface area contributed by atoms with Gasteiger partial charge in [-0.25, -0.2) is 9.59 Å². The minimum Gasteiger partial charge on any atom is -0.458 e. The number of benzene rings is 1. The lowest BCUT2D eigenvalue weighted by atomic mass is 10.1. The van der Waals surface area contributed by atoms with Crippen LogP contribution in [0.3, 0.4) is 0 Å². The monoisotopic (exact) mass is 716 g/mol. The van der Waals surface area contributed by atoms with Gasteiger partial charge in [0.15, 0.2) is 0 Å². The molecule has 14 nitrogen and oxygen atoms in total. The van der Waals surface area contributed by atoms with Gasteiger partial charge >= 0.3 is 12.1 Å². The molecule has 0 aliphatic carbocycles. The van der Waals surface area contributed by atoms with Crippen LogP contribution < -0.4 is 16.0 Å². The summed E-state index contributed by atoms with van der Waals surface area (Å²) in [5.74, 6) is -1.32. The fourth-order valence-corrected chi connectivity index (χ4v) is 4.85. The first-order chi connectivity index (χ1) is 22.9. The third-order valence-corrected chi connectivity index (χ3v) is 7.59. The van der Waals surface area contributed by atoms with E-state index < -0.39 is 35.3 Å². The Hall–Kier alpha value is -4.61. The Bertz CT molecular complexity index is 1700. The van der Waals surface area contributed by atoms with E-state index in [4.69, 9.17) is 32.7 Å². The van der Waals surface area contributed by atoms with Crippen molar-refractivity contribution in [3.63, 3.8) is 0 Å². The van der Waals surface area contributed by atoms with Crippen LogP contribution in [0.1, 0.15) is 78.6 Å². The summed E-state index contributed by atoms with van der Waals surface area (Å²) in [7, 11) is 0. The number of nitrogens with one attached hydrogen (secondary N) is 3. The fourth-order valence-electron chi connectivity index (χ4n) is 4.45. The molecule has 0 aliphatic heterocycles. The summed E-state index contributed by atoms with van der Waals surface area (Å²) in [5.41, 5.74) is 0.439. The smallest absolute Gasteiger partial charge is 0.408 e. The normalized spacial score (nSPS) is 12.7. The van der Waals surface area contributed by atoms with Crippen molar-refractivity contribution in [2.24, 2.45) is 0 Å². The first-order valence-corrected chi connectivity index (χ1v) is 16.3. The summed E-state index contributed by atoms with van der Waals surface area (Å²) in [6, 6.07) is 5.54. The second-order valence-electron chi connectivity index (χ2n) is 13.2. The van der Waals surface area contributed by atoms with Gasteiger partial charge in [-0.2, -0.15) is 5.26 Å². The van der Waals surface area contributed by atoms with Crippen molar-refractivity contribution in [2.45, 2.75) is 97.7 Å². The van der Waals surface area contributed by atoms with E-state index >= 15 is 0 Å². The molecule has 16 heteroatoms. The zero-order chi connectivity index (χ0) is 36.5. The van der Waals surface area contributed by atoms with Gasteiger partial charge in [-0.1, -0.05) is 40.5 Å². The molecular weight excluding hydrogens is 675 g/mol. The Balaban J connectivity index is 1.48. The molecule has 0 bridgehead atoms. The quantitative estimate of drug-likeness (QED) is 0.207. The second-order valence-corrected chi connectivity index (χ2v) is 14.0. The van der Waals surface area contributed by atoms with Crippen LogP contribution in [0.2, 0.25) is 10.0 Å². The maximum absolute atomic E-state index is 13.0. The number of amides is 3. The number of rotatable bonds is 13. The second kappa shape index (κ2) is 16.7. The molecule has 49 heavy (non-hydrogen) atoms. The molecule has 2 aromatic heterocycles. The van der Waals surface area contributed by atoms with E-state index in [1.807, 2.05) is 0 Å². The third kappa shape index (κ3) is 12.1. The summed E-state index contributed by atoms with van der Waals surface area (Å²) in [6.07, 6.45) is 4.06. The molecule has 0 fully saturated rings. The average molecular weight is 718 g/mol. The maximum Gasteiger partial charge on any atom is 0.408 e. The van der Waals surface area contributed by atoms with Crippen molar-refractivity contribution in [1.82, 2.24) is 35.5 Å². The van der Waals surface area contributed by atoms with Crippen LogP contribution in [0, 0.1) is 11.3 Å². The molecule has 0 saturated heterocycles. The van der Waals surface area contributed by atoms with Crippen molar-refractivity contribution in [1.29, 1.82) is 5.26 Å². The summed E-state index contributed by atoms with van der Waals surface area (Å²) < 4.78 is 13.8. The van der Waals surface area contributed by atoms with E-state index in [-0.39, 0.29) is 37.7 Å². The highest BCUT2D eigenvalue weighted by atomic mass is 35.5. The van der Waals surface area contributed by atoms with Crippen molar-refractivity contribution in [3.05, 3.63) is 58.1 Å². The molecule has 3 N–H and O–H groups in total. The standard InChI is InChI=1S/C33H42Cl2N8O6/c1-20(42-17-21(15-36)24(19-42)23-9-8-10-25(34)28(23)35)29(45)38-16-22-18-43(41-40-22)14-13-37-27(44)12-11-26(30(46)48-32(2,3)4)39-31(47)49-33(5,6)7/h8-10,17-20,26H,11-14,16H2,1-7H3,(H,37,44)(H,38,45)(H,39,47). The lowest BCUT2D eigenvalue weighted by molar-refractivity contribution is -0.157. The van der Waals surface area contributed by atoms with Gasteiger partial charge in [0.1, 0.15) is 35.0 Å². The number of carbonyl (C=O) groups is 4. The molecule has 0 saturated carbocycles. The van der Waals surface area contributed by atoms with Crippen LogP contribution in [0.25, 0.3) is 11.1 Å². The van der Waals surface area contributed by atoms with Crippen LogP contribution in [-0.4, -0.2) is 67.2 Å². The number of hydrogen-bond acceptors (Lipinski definition) is 9. The zero-order valence-corrected chi connectivity index (χ0v) is 30.1. The summed E-state index contributed by atoms with van der Waals surface area (Å²) in [6.45, 7) is 12.5. The van der Waals surface area contributed by atoms with E-state index in [1.165, 1.54) is 4.68 Å². The van der Waals surface area contributed by atoms with Gasteiger partial charge in [0.2, 0.25) is 11.8 Å². The number of hydrogen-bond donors (Lipinski definition) is 3. The van der Waals surface area contributed by atoms with Crippen LogP contribution in [0.15, 0.2) is 36.8 Å². The molecular formula is C33H42Cl2N8O6. The van der Waals surface area contributed by atoms with Gasteiger partial charge in [-0.05, 0) is 61.0 Å². The van der Waals surface area contributed by atoms with E-state index in [0.29, 0.717) is 39.0 Å². The number of esters is 1. The van der Waals surface area contributed by atoms with Crippen LogP contribution >= 0.6 is 23.2 Å². The molecule has 3 rings (SSSR count). The highest BCUT2D eigenvalue weighted by molar-refractivity contribution is 6.43. The number of nitriles is 1. The lowest BCUT2D eigenvalue weighted by Gasteiger charge is -2.26. The largest absolute Gasteiger partial charge is 0.458 e. The summed E-state index contributed by atoms with van der Waals surface area (Å²) in [5, 5.41) is 26.5. The van der Waals surface area contributed by atoms with Crippen molar-refractivity contribution in [2.75, 3.05) is 6.54 Å². The van der Waals surface area contributed by atoms with Crippen LogP contribution in [-0.2, 0) is 36.9 Å². The molecule has 0 aliphatic rings. The minimum absolute atomic E-state index is 0.00207. The van der Waals surface area contributed by atoms with Gasteiger partial charge in [-0.15, -0.1) is 5.10 Å². The number of halogens is 2. The van der Waals surface area contributed by atoms with Gasteiger partial charge in [0, 0.05) is 36.5 Å². The molecule has 264 valence electrons. The van der Waals surface area contributed by atoms with Gasteiger partial charge < -0.3 is 30.0 Å². The highest BCUT2D eigenvalue weighted by Gasteiger charge is 2.29. The van der Waals surface area contributed by atoms with Crippen molar-refractivity contribution < 1.29 is 28.7 Å². The van der Waals surface area contributed by atoms with E-state index in [0.717, 1.165) is 0 Å². The number of ether oxygens (including phenoxy) is 2. The van der Waals surface area contributed by atoms with Crippen molar-refractivity contribution >= 4 is 47.1 Å². The first-order valence-electron chi connectivity index (χ1n) is 15.6. The van der Waals surface area contributed by atoms with Crippen molar-refractivity contribution in [3.8, 4) is 17.2 Å². The van der Waals surface area contributed by atoms with Crippen LogP contribution in [0.4, 0.5) is 4.79 Å². The Labute approximate surface area is 295 Å². The van der Waals surface area contributed by atoms with Gasteiger partial charge in [0.25, 0.3) is 0 Å². The van der Waals surface area contributed by atoms with E-state index in [2.05, 4.69) is 32.3 Å². The zero-order valence-electron chi connectivity index (χ0n) is 28.6. The number of nitrogens with zero attached hydrogens (tertiary/aromatic N) is 5. The first kappa shape index (κ1) is 38.8. The minimum atomic E-state index is -1.08. The predicted molar refractivity (Wildman–Crippen MR) is 182 cm³/mol. The SMILES string of the molecule is CC(C(=O)NCc1cn(CCNC(=O)CCC(NC(=O)OC(C)(C)C)C(=O)OC(C)(C)C)nn1)n1cc(C#N)c(-c2cccc(Cl)c2Cl)c1. The average Bonchev–Trinajstić information content (AvgIpc) is 3.64. The van der Waals surface area contributed by atoms with E-state index in [1.54, 1.807) is 89.8 Å². The Morgan fingerprint density at radius 1 is 0.980 bits per heavy atom. The fraction of sp³-hybridized carbons (Fsp3) is 0.485. The molecule has 3 amide bonds. The predicted octanol–water partition coefficient (Wildman–Crippen LogP) is 4.93. The Morgan fingerprint density at radius 2 is 1.67 bits per heavy atom. The maximum atomic E-state index is 13.0. The number of alkyl carbamates (subject to hydrolysis) is 1. The van der Waals surface area contributed by atoms with E-state index in [9.17, 15) is 24.4 Å². The highest BCUT2D eigenvalue weighted by Crippen LogP contribution is 2.36. The number of aromatic nitrogens is 4. The van der Waals surface area contributed by atoms with Gasteiger partial charge in [-0.3, -0.25) is 14.3 Å². The molecule has 1 aromatic carbocycles. The molecule has 0 spiro atoms. The Morgan fingerprint density at radius 3 is 2.33 bits per heavy atom. The molecule has 3 aromatic rings. The molecule has 2 atom stereocenters. The summed E-state index contributed by atoms with van der Waals surface area (Å²) in [4.78, 5) is 50.5. The Kier molecular flexibility index (Phi) is 13.2. The number of carbonyl (C=O) groups excluding carboxylic acids is 4. The third-order valence-electron chi connectivity index (χ3n) is 6.77. The topological polar surface area (TPSA) is 182 Å². The van der Waals surface area contributed by atoms with Gasteiger partial charge in [0.05, 0.1) is 34.9 Å². The molecule has 0 radical (unpaired) electrons. The lowest BCUT2D eigenvalue weighted by Crippen LogP contribution is -2.46. The molecule has 2 heterocycles. The van der Waals surface area contributed by atoms with Crippen LogP contribution in [0.5, 0.6) is 0 Å². The summed E-state index contributed by atoms with van der Waals surface area (Å²) >= 11 is 12.5. The molecule has 2 unspecified atom stereocenters.